The van der Waals surface area contributed by atoms with Crippen LogP contribution in [0.1, 0.15) is 51.4 Å². The van der Waals surface area contributed by atoms with Crippen molar-refractivity contribution in [3.63, 3.8) is 0 Å². The minimum atomic E-state index is -2.35. The van der Waals surface area contributed by atoms with Crippen molar-refractivity contribution in [2.45, 2.75) is 62.9 Å². The van der Waals surface area contributed by atoms with Crippen molar-refractivity contribution >= 4 is 0 Å². The summed E-state index contributed by atoms with van der Waals surface area (Å²) < 4.78 is 0. The molecule has 1 spiro atoms. The molecule has 0 radical (unpaired) electrons. The number of hydrogen-bond donors (Lipinski definition) is 4. The van der Waals surface area contributed by atoms with Crippen LogP contribution < -0.4 is 0 Å². The van der Waals surface area contributed by atoms with Crippen molar-refractivity contribution in [3.8, 4) is 0 Å². The molecule has 2 aliphatic rings. The van der Waals surface area contributed by atoms with Crippen LogP contribution in [-0.2, 0) is 0 Å². The van der Waals surface area contributed by atoms with Gasteiger partial charge in [-0.25, -0.2) is 0 Å². The third kappa shape index (κ3) is 1.51. The molecule has 4 nitrogen and oxygen atoms in total. The Morgan fingerprint density at radius 1 is 0.600 bits per heavy atom. The highest BCUT2D eigenvalue weighted by atomic mass is 16.6. The number of aliphatic hydroxyl groups is 4. The summed E-state index contributed by atoms with van der Waals surface area (Å²) in [6.07, 6.45) is 5.73. The van der Waals surface area contributed by atoms with Crippen LogP contribution in [0, 0.1) is 5.41 Å². The fraction of sp³-hybridized carbons (Fsp3) is 1.00. The van der Waals surface area contributed by atoms with Crippen LogP contribution in [0.5, 0.6) is 0 Å². The monoisotopic (exact) mass is 216 g/mol. The maximum atomic E-state index is 10.0. The van der Waals surface area contributed by atoms with Crippen molar-refractivity contribution in [3.05, 3.63) is 0 Å². The van der Waals surface area contributed by atoms with Crippen molar-refractivity contribution in [1.29, 1.82) is 0 Å². The zero-order valence-corrected chi connectivity index (χ0v) is 8.95. The minimum absolute atomic E-state index is 0.0434. The van der Waals surface area contributed by atoms with Crippen LogP contribution in [0.4, 0.5) is 0 Å². The predicted molar refractivity (Wildman–Crippen MR) is 53.7 cm³/mol. The minimum Gasteiger partial charge on any atom is -0.361 e. The molecule has 2 aliphatic carbocycles. The first kappa shape index (κ1) is 11.3. The van der Waals surface area contributed by atoms with Gasteiger partial charge < -0.3 is 20.4 Å². The van der Waals surface area contributed by atoms with E-state index in [2.05, 4.69) is 0 Å². The third-order valence-electron chi connectivity index (χ3n) is 4.29. The average molecular weight is 216 g/mol. The summed E-state index contributed by atoms with van der Waals surface area (Å²) in [6, 6.07) is 0. The van der Waals surface area contributed by atoms with Crippen LogP contribution in [0.2, 0.25) is 0 Å². The largest absolute Gasteiger partial charge is 0.361 e. The van der Waals surface area contributed by atoms with Gasteiger partial charge in [0.1, 0.15) is 0 Å². The van der Waals surface area contributed by atoms with Gasteiger partial charge in [-0.05, 0) is 25.7 Å². The Labute approximate surface area is 89.6 Å². The molecule has 0 aromatic heterocycles. The predicted octanol–water partition coefficient (Wildman–Crippen LogP) is 0.483. The first-order valence-corrected chi connectivity index (χ1v) is 5.81. The Morgan fingerprint density at radius 3 is 1.73 bits per heavy atom. The molecule has 0 atom stereocenters. The van der Waals surface area contributed by atoms with Gasteiger partial charge >= 0.3 is 0 Å². The van der Waals surface area contributed by atoms with Gasteiger partial charge in [0.05, 0.1) is 0 Å². The second-order valence-corrected chi connectivity index (χ2v) is 5.18. The molecule has 0 amide bonds. The summed E-state index contributed by atoms with van der Waals surface area (Å²) in [7, 11) is 0. The van der Waals surface area contributed by atoms with Crippen LogP contribution >= 0.6 is 0 Å². The molecular weight excluding hydrogens is 196 g/mol. The van der Waals surface area contributed by atoms with E-state index in [4.69, 9.17) is 0 Å². The standard InChI is InChI=1S/C11H20O4/c12-10(13)8-4-7-9(11(10,14)15)5-2-1-3-6-9/h12-15H,1-8H2. The lowest BCUT2D eigenvalue weighted by molar-refractivity contribution is -0.417. The molecule has 88 valence electrons. The lowest BCUT2D eigenvalue weighted by Crippen LogP contribution is -2.67. The Balaban J connectivity index is 2.30. The quantitative estimate of drug-likeness (QED) is 0.444. The fourth-order valence-corrected chi connectivity index (χ4v) is 3.27. The maximum absolute atomic E-state index is 10.0. The zero-order valence-electron chi connectivity index (χ0n) is 8.95. The highest BCUT2D eigenvalue weighted by molar-refractivity contribution is 5.03. The van der Waals surface area contributed by atoms with Gasteiger partial charge in [0.15, 0.2) is 0 Å². The molecule has 2 rings (SSSR count). The van der Waals surface area contributed by atoms with Crippen LogP contribution in [-0.4, -0.2) is 32.0 Å². The van der Waals surface area contributed by atoms with Gasteiger partial charge in [0.25, 0.3) is 0 Å². The van der Waals surface area contributed by atoms with E-state index in [1.807, 2.05) is 0 Å². The summed E-state index contributed by atoms with van der Waals surface area (Å²) in [4.78, 5) is 0. The summed E-state index contributed by atoms with van der Waals surface area (Å²) in [5, 5.41) is 39.4. The van der Waals surface area contributed by atoms with Gasteiger partial charge in [-0.3, -0.25) is 0 Å². The van der Waals surface area contributed by atoms with Crippen molar-refractivity contribution in [2.24, 2.45) is 5.41 Å². The molecule has 4 N–H and O–H groups in total. The molecule has 0 aromatic carbocycles. The average Bonchev–Trinajstić information content (AvgIpc) is 2.16. The Morgan fingerprint density at radius 2 is 1.13 bits per heavy atom. The van der Waals surface area contributed by atoms with E-state index in [1.54, 1.807) is 0 Å². The zero-order chi connectivity index (χ0) is 11.2. The van der Waals surface area contributed by atoms with Gasteiger partial charge in [-0.15, -0.1) is 0 Å². The van der Waals surface area contributed by atoms with E-state index in [0.29, 0.717) is 25.7 Å². The van der Waals surface area contributed by atoms with Crippen molar-refractivity contribution < 1.29 is 20.4 Å². The molecule has 2 fully saturated rings. The Bertz CT molecular complexity index is 235. The SMILES string of the molecule is OC1(O)CCCC2(CCCCC2)C1(O)O. The Hall–Kier alpha value is -0.160. The molecule has 0 aromatic rings. The smallest absolute Gasteiger partial charge is 0.224 e. The van der Waals surface area contributed by atoms with Gasteiger partial charge in [0, 0.05) is 11.8 Å². The summed E-state index contributed by atoms with van der Waals surface area (Å²) in [6.45, 7) is 0. The lowest BCUT2D eigenvalue weighted by atomic mass is 9.59. The second-order valence-electron chi connectivity index (χ2n) is 5.18. The van der Waals surface area contributed by atoms with E-state index in [1.165, 1.54) is 0 Å². The summed E-state index contributed by atoms with van der Waals surface area (Å²) in [5.74, 6) is -4.69. The lowest BCUT2D eigenvalue weighted by Gasteiger charge is -2.54. The molecule has 4 heteroatoms. The number of hydrogen-bond acceptors (Lipinski definition) is 4. The summed E-state index contributed by atoms with van der Waals surface area (Å²) in [5.41, 5.74) is -0.701. The summed E-state index contributed by atoms with van der Waals surface area (Å²) >= 11 is 0. The van der Waals surface area contributed by atoms with Crippen LogP contribution in [0.25, 0.3) is 0 Å². The molecule has 0 unspecified atom stereocenters. The van der Waals surface area contributed by atoms with E-state index >= 15 is 0 Å². The molecule has 0 saturated heterocycles. The molecule has 0 bridgehead atoms. The highest BCUT2D eigenvalue weighted by Crippen LogP contribution is 2.54. The first-order chi connectivity index (χ1) is 6.91. The first-order valence-electron chi connectivity index (χ1n) is 5.81. The van der Waals surface area contributed by atoms with Gasteiger partial charge in [-0.2, -0.15) is 0 Å². The maximum Gasteiger partial charge on any atom is 0.224 e. The van der Waals surface area contributed by atoms with Gasteiger partial charge in [-0.1, -0.05) is 19.3 Å². The van der Waals surface area contributed by atoms with Gasteiger partial charge in [0.2, 0.25) is 11.6 Å². The van der Waals surface area contributed by atoms with E-state index in [-0.39, 0.29) is 6.42 Å². The van der Waals surface area contributed by atoms with E-state index in [9.17, 15) is 20.4 Å². The molecule has 0 aliphatic heterocycles. The molecular formula is C11H20O4. The Kier molecular flexibility index (Phi) is 2.58. The normalized spacial score (nSPS) is 32.8. The topological polar surface area (TPSA) is 80.9 Å². The van der Waals surface area contributed by atoms with Crippen molar-refractivity contribution in [2.75, 3.05) is 0 Å². The molecule has 2 saturated carbocycles. The van der Waals surface area contributed by atoms with Crippen LogP contribution in [0.15, 0.2) is 0 Å². The molecule has 15 heavy (non-hydrogen) atoms. The number of rotatable bonds is 0. The third-order valence-corrected chi connectivity index (χ3v) is 4.29. The highest BCUT2D eigenvalue weighted by Gasteiger charge is 2.63. The van der Waals surface area contributed by atoms with E-state index in [0.717, 1.165) is 19.3 Å². The van der Waals surface area contributed by atoms with Crippen molar-refractivity contribution in [1.82, 2.24) is 0 Å². The fourth-order valence-electron chi connectivity index (χ4n) is 3.27. The van der Waals surface area contributed by atoms with Crippen LogP contribution in [0.3, 0.4) is 0 Å². The second kappa shape index (κ2) is 3.42. The van der Waals surface area contributed by atoms with E-state index < -0.39 is 17.0 Å². The molecule has 0 heterocycles.